The molecule has 0 aliphatic carbocycles. The number of carbonyl (C=O) groups is 2. The molecule has 0 aromatic heterocycles. The topological polar surface area (TPSA) is 76.1 Å². The Morgan fingerprint density at radius 1 is 1.18 bits per heavy atom. The molecule has 1 aromatic carbocycles. The third kappa shape index (κ3) is 6.13. The smallest absolute Gasteiger partial charge is 0.307 e. The highest BCUT2D eigenvalue weighted by Crippen LogP contribution is 2.13. The van der Waals surface area contributed by atoms with Gasteiger partial charge in [-0.2, -0.15) is 0 Å². The van der Waals surface area contributed by atoms with E-state index in [1.165, 1.54) is 12.0 Å². The van der Waals surface area contributed by atoms with Crippen LogP contribution in [0.4, 0.5) is 0 Å². The van der Waals surface area contributed by atoms with Crippen LogP contribution >= 0.6 is 0 Å². The van der Waals surface area contributed by atoms with Crippen LogP contribution in [-0.4, -0.2) is 55.3 Å². The molecule has 0 saturated carbocycles. The number of aliphatic hydroxyl groups is 1. The zero-order chi connectivity index (χ0) is 16.4. The van der Waals surface area contributed by atoms with E-state index in [9.17, 15) is 9.59 Å². The van der Waals surface area contributed by atoms with E-state index in [1.54, 1.807) is 0 Å². The minimum absolute atomic E-state index is 0.117. The lowest BCUT2D eigenvalue weighted by molar-refractivity contribution is -0.141. The number of carbonyl (C=O) groups excluding carboxylic acids is 2. The van der Waals surface area contributed by atoms with Crippen molar-refractivity contribution in [2.75, 3.05) is 33.4 Å². The molecule has 1 amide bonds. The number of ether oxygens (including phenoxy) is 2. The maximum Gasteiger partial charge on any atom is 0.307 e. The predicted octanol–water partition coefficient (Wildman–Crippen LogP) is 1.01. The van der Waals surface area contributed by atoms with Gasteiger partial charge in [-0.25, -0.2) is 0 Å². The van der Waals surface area contributed by atoms with E-state index in [1.807, 2.05) is 31.2 Å². The van der Waals surface area contributed by atoms with E-state index < -0.39 is 0 Å². The minimum atomic E-state index is -0.378. The summed E-state index contributed by atoms with van der Waals surface area (Å²) in [4.78, 5) is 24.9. The summed E-state index contributed by atoms with van der Waals surface area (Å²) < 4.78 is 9.91. The average Bonchev–Trinajstić information content (AvgIpc) is 2.53. The first-order chi connectivity index (χ1) is 10.6. The molecule has 0 aliphatic heterocycles. The first-order valence-corrected chi connectivity index (χ1v) is 7.27. The molecule has 1 rings (SSSR count). The van der Waals surface area contributed by atoms with Crippen molar-refractivity contribution in [1.82, 2.24) is 4.90 Å². The van der Waals surface area contributed by atoms with E-state index in [4.69, 9.17) is 9.84 Å². The Kier molecular flexibility index (Phi) is 7.99. The highest BCUT2D eigenvalue weighted by Gasteiger charge is 2.15. The largest absolute Gasteiger partial charge is 0.494 e. The van der Waals surface area contributed by atoms with Crippen LogP contribution in [0.3, 0.4) is 0 Å². The lowest BCUT2D eigenvalue weighted by Gasteiger charge is -2.21. The van der Waals surface area contributed by atoms with Gasteiger partial charge in [-0.1, -0.05) is 12.1 Å². The number of hydrogen-bond acceptors (Lipinski definition) is 5. The second-order valence-electron chi connectivity index (χ2n) is 4.68. The number of aliphatic hydroxyl groups excluding tert-OH is 1. The fourth-order valence-electron chi connectivity index (χ4n) is 1.97. The van der Waals surface area contributed by atoms with Gasteiger partial charge in [0.1, 0.15) is 5.75 Å². The van der Waals surface area contributed by atoms with Crippen LogP contribution in [-0.2, 0) is 20.7 Å². The van der Waals surface area contributed by atoms with Crippen molar-refractivity contribution in [2.24, 2.45) is 0 Å². The van der Waals surface area contributed by atoms with Crippen LogP contribution in [0.5, 0.6) is 5.75 Å². The van der Waals surface area contributed by atoms with Crippen molar-refractivity contribution < 1.29 is 24.2 Å². The van der Waals surface area contributed by atoms with E-state index in [0.29, 0.717) is 6.61 Å². The number of methoxy groups -OCH3 is 1. The SMILES string of the molecule is CCOc1ccc(CC(=O)N(CCO)CCC(=O)OC)cc1. The standard InChI is InChI=1S/C16H23NO5/c1-3-22-14-6-4-13(5-7-14)12-15(19)17(10-11-18)9-8-16(20)21-2/h4-7,18H,3,8-12H2,1-2H3. The number of rotatable bonds is 9. The summed E-state index contributed by atoms with van der Waals surface area (Å²) in [5.74, 6) is 0.246. The number of esters is 1. The van der Waals surface area contributed by atoms with Gasteiger partial charge in [0.25, 0.3) is 0 Å². The molecule has 0 bridgehead atoms. The molecule has 0 heterocycles. The van der Waals surface area contributed by atoms with E-state index in [2.05, 4.69) is 4.74 Å². The third-order valence-electron chi connectivity index (χ3n) is 3.13. The van der Waals surface area contributed by atoms with Crippen LogP contribution in [0.1, 0.15) is 18.9 Å². The predicted molar refractivity (Wildman–Crippen MR) is 81.6 cm³/mol. The highest BCUT2D eigenvalue weighted by molar-refractivity contribution is 5.79. The molecule has 0 saturated heterocycles. The molecule has 0 spiro atoms. The van der Waals surface area contributed by atoms with Crippen molar-refractivity contribution in [3.05, 3.63) is 29.8 Å². The first-order valence-electron chi connectivity index (χ1n) is 7.27. The van der Waals surface area contributed by atoms with Gasteiger partial charge in [-0.3, -0.25) is 9.59 Å². The maximum absolute atomic E-state index is 12.2. The van der Waals surface area contributed by atoms with Crippen LogP contribution in [0.25, 0.3) is 0 Å². The molecule has 22 heavy (non-hydrogen) atoms. The number of hydrogen-bond donors (Lipinski definition) is 1. The lowest BCUT2D eigenvalue weighted by atomic mass is 10.1. The molecule has 0 fully saturated rings. The minimum Gasteiger partial charge on any atom is -0.494 e. The number of nitrogens with zero attached hydrogens (tertiary/aromatic N) is 1. The molecule has 1 aromatic rings. The quantitative estimate of drug-likeness (QED) is 0.689. The molecule has 6 nitrogen and oxygen atoms in total. The molecular weight excluding hydrogens is 286 g/mol. The molecule has 122 valence electrons. The zero-order valence-corrected chi connectivity index (χ0v) is 13.1. The summed E-state index contributed by atoms with van der Waals surface area (Å²) in [6.45, 7) is 2.80. The van der Waals surface area contributed by atoms with E-state index in [-0.39, 0.29) is 44.4 Å². The first kappa shape index (κ1) is 18.0. The molecule has 1 N–H and O–H groups in total. The van der Waals surface area contributed by atoms with Gasteiger partial charge >= 0.3 is 5.97 Å². The summed E-state index contributed by atoms with van der Waals surface area (Å²) in [5, 5.41) is 9.04. The lowest BCUT2D eigenvalue weighted by Crippen LogP contribution is -2.36. The fourth-order valence-corrected chi connectivity index (χ4v) is 1.97. The average molecular weight is 309 g/mol. The Hall–Kier alpha value is -2.08. The van der Waals surface area contributed by atoms with E-state index >= 15 is 0 Å². The second kappa shape index (κ2) is 9.78. The molecule has 0 unspecified atom stereocenters. The summed E-state index contributed by atoms with van der Waals surface area (Å²) >= 11 is 0. The Balaban J connectivity index is 2.59. The highest BCUT2D eigenvalue weighted by atomic mass is 16.5. The van der Waals surface area contributed by atoms with Gasteiger partial charge in [-0.05, 0) is 24.6 Å². The Bertz CT molecular complexity index is 472. The summed E-state index contributed by atoms with van der Waals surface area (Å²) in [6.07, 6.45) is 0.332. The Labute approximate surface area is 130 Å². The third-order valence-corrected chi connectivity index (χ3v) is 3.13. The molecular formula is C16H23NO5. The molecule has 0 aliphatic rings. The monoisotopic (exact) mass is 309 g/mol. The van der Waals surface area contributed by atoms with Gasteiger partial charge in [-0.15, -0.1) is 0 Å². The zero-order valence-electron chi connectivity index (χ0n) is 13.1. The Morgan fingerprint density at radius 2 is 1.86 bits per heavy atom. The van der Waals surface area contributed by atoms with Gasteiger partial charge in [0.2, 0.25) is 5.91 Å². The van der Waals surface area contributed by atoms with Gasteiger partial charge < -0.3 is 19.5 Å². The second-order valence-corrected chi connectivity index (χ2v) is 4.68. The van der Waals surface area contributed by atoms with Crippen LogP contribution in [0.2, 0.25) is 0 Å². The van der Waals surface area contributed by atoms with Crippen molar-refractivity contribution in [1.29, 1.82) is 0 Å². The van der Waals surface area contributed by atoms with Crippen molar-refractivity contribution in [3.63, 3.8) is 0 Å². The molecule has 0 atom stereocenters. The summed E-state index contributed by atoms with van der Waals surface area (Å²) in [5.41, 5.74) is 0.856. The van der Waals surface area contributed by atoms with Crippen LogP contribution in [0, 0.1) is 0 Å². The van der Waals surface area contributed by atoms with Crippen LogP contribution in [0.15, 0.2) is 24.3 Å². The normalized spacial score (nSPS) is 10.1. The van der Waals surface area contributed by atoms with Crippen molar-refractivity contribution in [3.8, 4) is 5.75 Å². The summed E-state index contributed by atoms with van der Waals surface area (Å²) in [7, 11) is 1.31. The Morgan fingerprint density at radius 3 is 2.41 bits per heavy atom. The maximum atomic E-state index is 12.2. The fraction of sp³-hybridized carbons (Fsp3) is 0.500. The molecule has 6 heteroatoms. The number of amides is 1. The van der Waals surface area contributed by atoms with Crippen molar-refractivity contribution >= 4 is 11.9 Å². The summed E-state index contributed by atoms with van der Waals surface area (Å²) in [6, 6.07) is 7.30. The van der Waals surface area contributed by atoms with Gasteiger partial charge in [0, 0.05) is 13.1 Å². The van der Waals surface area contributed by atoms with Crippen molar-refractivity contribution in [2.45, 2.75) is 19.8 Å². The molecule has 0 radical (unpaired) electrons. The van der Waals surface area contributed by atoms with E-state index in [0.717, 1.165) is 11.3 Å². The van der Waals surface area contributed by atoms with Crippen LogP contribution < -0.4 is 4.74 Å². The van der Waals surface area contributed by atoms with Gasteiger partial charge in [0.15, 0.2) is 0 Å². The van der Waals surface area contributed by atoms with Gasteiger partial charge in [0.05, 0.1) is 33.2 Å². The number of benzene rings is 1.